The zero-order chi connectivity index (χ0) is 14.4. The Balaban J connectivity index is 1.80. The van der Waals surface area contributed by atoms with Gasteiger partial charge >= 0.3 is 0 Å². The molecule has 0 saturated heterocycles. The molecule has 1 atom stereocenters. The van der Waals surface area contributed by atoms with E-state index < -0.39 is 0 Å². The first-order valence-corrected chi connectivity index (χ1v) is 7.49. The molecule has 1 aromatic heterocycles. The standard InChI is InChI=1S/C16H19N5/c1-10-8-12-4-2-3-5-13(12)21(10)15-9-14(20-17)18-16(19-15)11-6-7-11/h2-5,9-11H,6-8,17H2,1H3,(H,18,19,20). The molecule has 4 rings (SSSR count). The Kier molecular flexibility index (Phi) is 2.82. The largest absolute Gasteiger partial charge is 0.323 e. The second kappa shape index (κ2) is 4.70. The summed E-state index contributed by atoms with van der Waals surface area (Å²) in [5.41, 5.74) is 5.29. The van der Waals surface area contributed by atoms with Crippen molar-refractivity contribution >= 4 is 17.3 Å². The highest BCUT2D eigenvalue weighted by atomic mass is 15.3. The lowest BCUT2D eigenvalue weighted by atomic mass is 10.1. The van der Waals surface area contributed by atoms with Crippen LogP contribution in [0.15, 0.2) is 30.3 Å². The average molecular weight is 281 g/mol. The topological polar surface area (TPSA) is 67.1 Å². The molecule has 108 valence electrons. The Hall–Kier alpha value is -2.14. The quantitative estimate of drug-likeness (QED) is 0.669. The van der Waals surface area contributed by atoms with Crippen LogP contribution >= 0.6 is 0 Å². The first-order valence-electron chi connectivity index (χ1n) is 7.49. The van der Waals surface area contributed by atoms with E-state index >= 15 is 0 Å². The fourth-order valence-corrected chi connectivity index (χ4v) is 3.09. The predicted octanol–water partition coefficient (Wildman–Crippen LogP) is 2.72. The van der Waals surface area contributed by atoms with E-state index in [-0.39, 0.29) is 0 Å². The van der Waals surface area contributed by atoms with Crippen LogP contribution in [0.1, 0.15) is 37.1 Å². The SMILES string of the molecule is CC1Cc2ccccc2N1c1cc(NN)nc(C2CC2)n1. The van der Waals surface area contributed by atoms with Gasteiger partial charge in [-0.3, -0.25) is 0 Å². The van der Waals surface area contributed by atoms with Gasteiger partial charge in [0.05, 0.1) is 0 Å². The number of nitrogens with one attached hydrogen (secondary N) is 1. The fraction of sp³-hybridized carbons (Fsp3) is 0.375. The van der Waals surface area contributed by atoms with Crippen molar-refractivity contribution in [2.75, 3.05) is 10.3 Å². The highest BCUT2D eigenvalue weighted by Crippen LogP contribution is 2.41. The fourth-order valence-electron chi connectivity index (χ4n) is 3.09. The van der Waals surface area contributed by atoms with Gasteiger partial charge in [-0.25, -0.2) is 15.8 Å². The van der Waals surface area contributed by atoms with Crippen molar-refractivity contribution in [3.8, 4) is 0 Å². The van der Waals surface area contributed by atoms with Crippen LogP contribution in [-0.4, -0.2) is 16.0 Å². The number of fused-ring (bicyclic) bond motifs is 1. The van der Waals surface area contributed by atoms with Crippen molar-refractivity contribution in [2.45, 2.75) is 38.1 Å². The van der Waals surface area contributed by atoms with Crippen molar-refractivity contribution < 1.29 is 0 Å². The molecule has 1 fully saturated rings. The molecule has 5 nitrogen and oxygen atoms in total. The maximum absolute atomic E-state index is 5.58. The van der Waals surface area contributed by atoms with Crippen molar-refractivity contribution in [1.82, 2.24) is 9.97 Å². The van der Waals surface area contributed by atoms with E-state index in [2.05, 4.69) is 46.5 Å². The number of hydrogen-bond donors (Lipinski definition) is 2. The minimum absolute atomic E-state index is 0.398. The van der Waals surface area contributed by atoms with Crippen molar-refractivity contribution in [3.63, 3.8) is 0 Å². The summed E-state index contributed by atoms with van der Waals surface area (Å²) in [4.78, 5) is 11.6. The van der Waals surface area contributed by atoms with Crippen LogP contribution in [0.2, 0.25) is 0 Å². The molecule has 2 heterocycles. The molecule has 0 spiro atoms. The van der Waals surface area contributed by atoms with Crippen LogP contribution in [0.5, 0.6) is 0 Å². The van der Waals surface area contributed by atoms with E-state index in [1.807, 2.05) is 6.07 Å². The van der Waals surface area contributed by atoms with Gasteiger partial charge in [-0.1, -0.05) is 18.2 Å². The summed E-state index contributed by atoms with van der Waals surface area (Å²) >= 11 is 0. The third-order valence-corrected chi connectivity index (χ3v) is 4.27. The molecule has 21 heavy (non-hydrogen) atoms. The number of nitrogens with two attached hydrogens (primary N) is 1. The van der Waals surface area contributed by atoms with Gasteiger partial charge in [0.1, 0.15) is 17.5 Å². The first-order chi connectivity index (χ1) is 10.3. The van der Waals surface area contributed by atoms with Crippen LogP contribution in [0.3, 0.4) is 0 Å². The molecule has 1 aromatic carbocycles. The second-order valence-electron chi connectivity index (χ2n) is 5.94. The van der Waals surface area contributed by atoms with Gasteiger partial charge in [0, 0.05) is 23.7 Å². The van der Waals surface area contributed by atoms with Crippen LogP contribution in [0.4, 0.5) is 17.3 Å². The summed E-state index contributed by atoms with van der Waals surface area (Å²) in [6, 6.07) is 10.9. The van der Waals surface area contributed by atoms with Gasteiger partial charge in [0.25, 0.3) is 0 Å². The molecule has 2 aliphatic rings. The molecule has 0 bridgehead atoms. The van der Waals surface area contributed by atoms with Gasteiger partial charge in [-0.2, -0.15) is 0 Å². The van der Waals surface area contributed by atoms with E-state index in [4.69, 9.17) is 10.8 Å². The van der Waals surface area contributed by atoms with Gasteiger partial charge < -0.3 is 10.3 Å². The summed E-state index contributed by atoms with van der Waals surface area (Å²) in [5.74, 6) is 8.63. The zero-order valence-electron chi connectivity index (χ0n) is 12.1. The number of hydrazine groups is 1. The lowest BCUT2D eigenvalue weighted by Crippen LogP contribution is -2.25. The van der Waals surface area contributed by atoms with E-state index in [0.717, 1.165) is 18.1 Å². The summed E-state index contributed by atoms with van der Waals surface area (Å²) < 4.78 is 0. The molecule has 3 N–H and O–H groups in total. The van der Waals surface area contributed by atoms with Gasteiger partial charge in [-0.05, 0) is 37.8 Å². The summed E-state index contributed by atoms with van der Waals surface area (Å²) in [5, 5.41) is 0. The van der Waals surface area contributed by atoms with Crippen molar-refractivity contribution in [2.24, 2.45) is 5.84 Å². The Morgan fingerprint density at radius 2 is 2.05 bits per heavy atom. The lowest BCUT2D eigenvalue weighted by Gasteiger charge is -2.24. The number of aromatic nitrogens is 2. The third kappa shape index (κ3) is 2.14. The maximum atomic E-state index is 5.58. The Morgan fingerprint density at radius 3 is 2.81 bits per heavy atom. The number of benzene rings is 1. The number of para-hydroxylation sites is 1. The Morgan fingerprint density at radius 1 is 1.24 bits per heavy atom. The summed E-state index contributed by atoms with van der Waals surface area (Å²) in [7, 11) is 0. The Labute approximate surface area is 124 Å². The van der Waals surface area contributed by atoms with Gasteiger partial charge in [-0.15, -0.1) is 0 Å². The molecular weight excluding hydrogens is 262 g/mol. The molecule has 0 amide bonds. The predicted molar refractivity (Wildman–Crippen MR) is 83.6 cm³/mol. The number of anilines is 3. The van der Waals surface area contributed by atoms with Crippen LogP contribution in [-0.2, 0) is 6.42 Å². The number of hydrogen-bond acceptors (Lipinski definition) is 5. The molecule has 0 radical (unpaired) electrons. The third-order valence-electron chi connectivity index (χ3n) is 4.27. The van der Waals surface area contributed by atoms with Crippen molar-refractivity contribution in [3.05, 3.63) is 41.7 Å². The van der Waals surface area contributed by atoms with E-state index in [0.29, 0.717) is 17.8 Å². The van der Waals surface area contributed by atoms with Crippen LogP contribution in [0, 0.1) is 0 Å². The average Bonchev–Trinajstić information content (AvgIpc) is 3.29. The molecule has 5 heteroatoms. The van der Waals surface area contributed by atoms with E-state index in [9.17, 15) is 0 Å². The number of nitrogens with zero attached hydrogens (tertiary/aromatic N) is 3. The number of rotatable bonds is 3. The normalized spacial score (nSPS) is 20.5. The molecular formula is C16H19N5. The maximum Gasteiger partial charge on any atom is 0.145 e. The molecule has 1 aliphatic heterocycles. The molecule has 1 unspecified atom stereocenters. The molecule has 1 saturated carbocycles. The second-order valence-corrected chi connectivity index (χ2v) is 5.94. The smallest absolute Gasteiger partial charge is 0.145 e. The number of nitrogen functional groups attached to an aromatic ring is 1. The van der Waals surface area contributed by atoms with Crippen LogP contribution in [0.25, 0.3) is 0 Å². The summed E-state index contributed by atoms with van der Waals surface area (Å²) in [6.07, 6.45) is 3.41. The first kappa shape index (κ1) is 12.6. The van der Waals surface area contributed by atoms with E-state index in [1.54, 1.807) is 0 Å². The van der Waals surface area contributed by atoms with Gasteiger partial charge in [0.15, 0.2) is 0 Å². The molecule has 2 aromatic rings. The van der Waals surface area contributed by atoms with E-state index in [1.165, 1.54) is 24.1 Å². The van der Waals surface area contributed by atoms with Crippen molar-refractivity contribution in [1.29, 1.82) is 0 Å². The van der Waals surface area contributed by atoms with Crippen LogP contribution < -0.4 is 16.2 Å². The molecule has 1 aliphatic carbocycles. The Bertz CT molecular complexity index is 680. The highest BCUT2D eigenvalue weighted by molar-refractivity contribution is 5.70. The summed E-state index contributed by atoms with van der Waals surface area (Å²) in [6.45, 7) is 2.23. The highest BCUT2D eigenvalue weighted by Gasteiger charge is 2.31. The lowest BCUT2D eigenvalue weighted by molar-refractivity contribution is 0.744. The minimum atomic E-state index is 0.398. The van der Waals surface area contributed by atoms with Gasteiger partial charge in [0.2, 0.25) is 0 Å². The monoisotopic (exact) mass is 281 g/mol. The minimum Gasteiger partial charge on any atom is -0.323 e. The zero-order valence-corrected chi connectivity index (χ0v) is 12.1.